The minimum atomic E-state index is -0.0968. The molecule has 2 aliphatic heterocycles. The van der Waals surface area contributed by atoms with Crippen molar-refractivity contribution in [3.8, 4) is 0 Å². The molecule has 0 aliphatic carbocycles. The fourth-order valence-corrected chi connectivity index (χ4v) is 3.58. The Morgan fingerprint density at radius 3 is 2.83 bits per heavy atom. The zero-order valence-corrected chi connectivity index (χ0v) is 13.5. The molecule has 2 saturated heterocycles. The molecular formula is C16H23N3O4. The van der Waals surface area contributed by atoms with Crippen LogP contribution in [-0.4, -0.2) is 66.7 Å². The molecule has 0 unspecified atom stereocenters. The van der Waals surface area contributed by atoms with E-state index in [1.54, 1.807) is 13.2 Å². The molecule has 0 bridgehead atoms. The predicted molar refractivity (Wildman–Crippen MR) is 81.8 cm³/mol. The summed E-state index contributed by atoms with van der Waals surface area (Å²) in [5.41, 5.74) is 0.139. The Kier molecular flexibility index (Phi) is 4.66. The van der Waals surface area contributed by atoms with Gasteiger partial charge in [0.15, 0.2) is 0 Å². The molecular weight excluding hydrogens is 298 g/mol. The number of piperidine rings is 2. The monoisotopic (exact) mass is 321 g/mol. The number of rotatable bonds is 4. The molecule has 0 N–H and O–H groups in total. The first-order valence-corrected chi connectivity index (χ1v) is 8.10. The lowest BCUT2D eigenvalue weighted by atomic mass is 9.72. The zero-order chi connectivity index (χ0) is 16.3. The van der Waals surface area contributed by atoms with Crippen LogP contribution in [0.5, 0.6) is 0 Å². The highest BCUT2D eigenvalue weighted by Crippen LogP contribution is 2.40. The second-order valence-corrected chi connectivity index (χ2v) is 6.48. The maximum absolute atomic E-state index is 12.3. The van der Waals surface area contributed by atoms with Crippen molar-refractivity contribution in [3.05, 3.63) is 18.0 Å². The molecule has 0 radical (unpaired) electrons. The van der Waals surface area contributed by atoms with Crippen molar-refractivity contribution in [1.82, 2.24) is 15.0 Å². The van der Waals surface area contributed by atoms with Crippen LogP contribution in [0.25, 0.3) is 0 Å². The maximum Gasteiger partial charge on any atom is 0.292 e. The van der Waals surface area contributed by atoms with E-state index in [1.165, 1.54) is 6.20 Å². The fourth-order valence-electron chi connectivity index (χ4n) is 3.58. The van der Waals surface area contributed by atoms with Gasteiger partial charge in [-0.2, -0.15) is 0 Å². The molecule has 23 heavy (non-hydrogen) atoms. The third-order valence-corrected chi connectivity index (χ3v) is 5.07. The summed E-state index contributed by atoms with van der Waals surface area (Å²) in [6, 6.07) is 1.60. The van der Waals surface area contributed by atoms with Crippen LogP contribution < -0.4 is 0 Å². The Morgan fingerprint density at radius 1 is 1.39 bits per heavy atom. The second kappa shape index (κ2) is 6.70. The summed E-state index contributed by atoms with van der Waals surface area (Å²) in [6.45, 7) is 3.40. The smallest absolute Gasteiger partial charge is 0.292 e. The molecule has 3 heterocycles. The Bertz CT molecular complexity index is 550. The van der Waals surface area contributed by atoms with Crippen LogP contribution in [0.1, 0.15) is 36.2 Å². The van der Waals surface area contributed by atoms with Crippen molar-refractivity contribution in [2.24, 2.45) is 5.41 Å². The van der Waals surface area contributed by atoms with Gasteiger partial charge in [0.05, 0.1) is 12.8 Å². The predicted octanol–water partition coefficient (Wildman–Crippen LogP) is 1.17. The number of carbonyl (C=O) groups is 2. The third kappa shape index (κ3) is 3.39. The van der Waals surface area contributed by atoms with Gasteiger partial charge >= 0.3 is 0 Å². The summed E-state index contributed by atoms with van der Waals surface area (Å²) in [6.07, 6.45) is 4.84. The van der Waals surface area contributed by atoms with Gasteiger partial charge in [0.1, 0.15) is 0 Å². The quantitative estimate of drug-likeness (QED) is 0.832. The van der Waals surface area contributed by atoms with E-state index in [4.69, 9.17) is 9.26 Å². The summed E-state index contributed by atoms with van der Waals surface area (Å²) in [7, 11) is 1.65. The summed E-state index contributed by atoms with van der Waals surface area (Å²) in [4.78, 5) is 28.1. The van der Waals surface area contributed by atoms with Crippen molar-refractivity contribution >= 4 is 11.8 Å². The standard InChI is InChI=1S/C16H23N3O4/c1-22-11-10-19-12-16(4-2-14(19)20)5-8-18(9-6-16)15(21)13-3-7-17-23-13/h3,7H,2,4-6,8-12H2,1H3. The zero-order valence-electron chi connectivity index (χ0n) is 13.5. The molecule has 2 fully saturated rings. The van der Waals surface area contributed by atoms with Gasteiger partial charge in [-0.25, -0.2) is 0 Å². The molecule has 3 rings (SSSR count). The summed E-state index contributed by atoms with van der Waals surface area (Å²) in [5.74, 6) is 0.412. The minimum absolute atomic E-state index is 0.0968. The van der Waals surface area contributed by atoms with Gasteiger partial charge in [-0.15, -0.1) is 0 Å². The number of carbonyl (C=O) groups excluding carboxylic acids is 2. The largest absolute Gasteiger partial charge is 0.383 e. The van der Waals surface area contributed by atoms with Gasteiger partial charge < -0.3 is 19.1 Å². The molecule has 1 aromatic heterocycles. The number of hydrogen-bond donors (Lipinski definition) is 0. The number of likely N-dealkylation sites (tertiary alicyclic amines) is 2. The second-order valence-electron chi connectivity index (χ2n) is 6.48. The van der Waals surface area contributed by atoms with Gasteiger partial charge in [0.25, 0.3) is 5.91 Å². The number of ether oxygens (including phenoxy) is 1. The van der Waals surface area contributed by atoms with Crippen LogP contribution in [0.4, 0.5) is 0 Å². The number of nitrogens with zero attached hydrogens (tertiary/aromatic N) is 3. The van der Waals surface area contributed by atoms with Crippen molar-refractivity contribution in [1.29, 1.82) is 0 Å². The highest BCUT2D eigenvalue weighted by molar-refractivity contribution is 5.91. The lowest BCUT2D eigenvalue weighted by Gasteiger charge is -2.47. The third-order valence-electron chi connectivity index (χ3n) is 5.07. The van der Waals surface area contributed by atoms with Crippen LogP contribution in [0.2, 0.25) is 0 Å². The number of methoxy groups -OCH3 is 1. The number of aromatic nitrogens is 1. The van der Waals surface area contributed by atoms with Crippen molar-refractivity contribution in [3.63, 3.8) is 0 Å². The van der Waals surface area contributed by atoms with E-state index in [0.717, 1.165) is 25.8 Å². The lowest BCUT2D eigenvalue weighted by molar-refractivity contribution is -0.139. The molecule has 7 heteroatoms. The fraction of sp³-hybridized carbons (Fsp3) is 0.688. The summed E-state index contributed by atoms with van der Waals surface area (Å²) < 4.78 is 10.0. The van der Waals surface area contributed by atoms with E-state index in [9.17, 15) is 9.59 Å². The Labute approximate surface area is 135 Å². The van der Waals surface area contributed by atoms with E-state index in [1.807, 2.05) is 9.80 Å². The molecule has 0 aromatic carbocycles. The van der Waals surface area contributed by atoms with Crippen LogP contribution >= 0.6 is 0 Å². The van der Waals surface area contributed by atoms with Gasteiger partial charge in [0, 0.05) is 45.8 Å². The topological polar surface area (TPSA) is 75.9 Å². The molecule has 1 spiro atoms. The summed E-state index contributed by atoms with van der Waals surface area (Å²) in [5, 5.41) is 3.59. The van der Waals surface area contributed by atoms with Gasteiger partial charge in [-0.3, -0.25) is 9.59 Å². The van der Waals surface area contributed by atoms with E-state index >= 15 is 0 Å². The highest BCUT2D eigenvalue weighted by atomic mass is 16.5. The van der Waals surface area contributed by atoms with E-state index < -0.39 is 0 Å². The minimum Gasteiger partial charge on any atom is -0.383 e. The highest BCUT2D eigenvalue weighted by Gasteiger charge is 2.41. The van der Waals surface area contributed by atoms with E-state index in [-0.39, 0.29) is 17.2 Å². The van der Waals surface area contributed by atoms with Crippen molar-refractivity contribution < 1.29 is 18.8 Å². The van der Waals surface area contributed by atoms with Gasteiger partial charge in [-0.05, 0) is 24.7 Å². The van der Waals surface area contributed by atoms with E-state index in [0.29, 0.717) is 38.4 Å². The van der Waals surface area contributed by atoms with E-state index in [2.05, 4.69) is 5.16 Å². The molecule has 1 aromatic rings. The molecule has 126 valence electrons. The van der Waals surface area contributed by atoms with Gasteiger partial charge in [-0.1, -0.05) is 5.16 Å². The van der Waals surface area contributed by atoms with Gasteiger partial charge in [0.2, 0.25) is 11.7 Å². The molecule has 2 aliphatic rings. The van der Waals surface area contributed by atoms with Crippen LogP contribution in [-0.2, 0) is 9.53 Å². The number of amides is 2. The average molecular weight is 321 g/mol. The maximum atomic E-state index is 12.3. The average Bonchev–Trinajstić information content (AvgIpc) is 3.11. The SMILES string of the molecule is COCCN1CC2(CCC1=O)CCN(C(=O)c1ccno1)CC2. The first-order chi connectivity index (χ1) is 11.1. The van der Waals surface area contributed by atoms with Crippen molar-refractivity contribution in [2.75, 3.05) is 39.9 Å². The van der Waals surface area contributed by atoms with Crippen LogP contribution in [0.15, 0.2) is 16.8 Å². The molecule has 0 atom stereocenters. The summed E-state index contributed by atoms with van der Waals surface area (Å²) >= 11 is 0. The number of hydrogen-bond acceptors (Lipinski definition) is 5. The first kappa shape index (κ1) is 16.0. The van der Waals surface area contributed by atoms with Crippen LogP contribution in [0.3, 0.4) is 0 Å². The normalized spacial score (nSPS) is 21.0. The molecule has 0 saturated carbocycles. The molecule has 2 amide bonds. The van der Waals surface area contributed by atoms with Crippen LogP contribution in [0, 0.1) is 5.41 Å². The Balaban J connectivity index is 1.59. The molecule has 7 nitrogen and oxygen atoms in total. The lowest BCUT2D eigenvalue weighted by Crippen LogP contribution is -2.52. The Hall–Kier alpha value is -1.89. The van der Waals surface area contributed by atoms with Crippen molar-refractivity contribution in [2.45, 2.75) is 25.7 Å². The Morgan fingerprint density at radius 2 is 2.17 bits per heavy atom. The first-order valence-electron chi connectivity index (χ1n) is 8.10.